The maximum absolute atomic E-state index is 11.3. The minimum atomic E-state index is -0.612. The minimum absolute atomic E-state index is 0.214. The highest BCUT2D eigenvalue weighted by molar-refractivity contribution is 5.70. The molecule has 0 radical (unpaired) electrons. The molecule has 0 amide bonds. The highest BCUT2D eigenvalue weighted by atomic mass is 16.5. The monoisotopic (exact) mass is 496 g/mol. The average Bonchev–Trinajstić information content (AvgIpc) is 3.37. The lowest BCUT2D eigenvalue weighted by Gasteiger charge is -2.43. The van der Waals surface area contributed by atoms with Gasteiger partial charge in [-0.2, -0.15) is 0 Å². The second-order valence-electron chi connectivity index (χ2n) is 11.8. The van der Waals surface area contributed by atoms with Crippen molar-refractivity contribution in [2.24, 2.45) is 28.5 Å². The number of nitrogens with zero attached hydrogens (tertiary/aromatic N) is 4. The maximum atomic E-state index is 11.3. The summed E-state index contributed by atoms with van der Waals surface area (Å²) in [4.78, 5) is 11.9. The molecule has 0 aromatic heterocycles. The number of nitrogens with one attached hydrogen (secondary N) is 1. The van der Waals surface area contributed by atoms with Gasteiger partial charge in [0.25, 0.3) is 0 Å². The fourth-order valence-electron chi connectivity index (χ4n) is 7.61. The highest BCUT2D eigenvalue weighted by Gasteiger charge is 2.49. The molecule has 0 aromatic carbocycles. The van der Waals surface area contributed by atoms with Gasteiger partial charge in [-0.15, -0.1) is 0 Å². The largest absolute Gasteiger partial charge is 0.495 e. The molecular formula is C28H44N6O2. The maximum Gasteiger partial charge on any atom is 0.139 e. The molecular weight excluding hydrogens is 452 g/mol. The number of aliphatic imine (C=N–C) groups is 1. The predicted octanol–water partition coefficient (Wildman–Crippen LogP) is 1.85. The molecule has 4 N–H and O–H groups in total. The lowest BCUT2D eigenvalue weighted by molar-refractivity contribution is -0.0000934. The molecule has 0 spiro atoms. The Morgan fingerprint density at radius 3 is 2.94 bits per heavy atom. The number of aliphatic hydroxyl groups is 1. The molecule has 4 heterocycles. The molecule has 2 saturated heterocycles. The van der Waals surface area contributed by atoms with E-state index in [-0.39, 0.29) is 12.1 Å². The summed E-state index contributed by atoms with van der Waals surface area (Å²) in [7, 11) is 3.87. The Labute approximate surface area is 215 Å². The molecule has 4 aliphatic heterocycles. The molecule has 8 atom stereocenters. The van der Waals surface area contributed by atoms with Gasteiger partial charge in [0.2, 0.25) is 0 Å². The van der Waals surface area contributed by atoms with E-state index in [0.29, 0.717) is 24.4 Å². The van der Waals surface area contributed by atoms with Gasteiger partial charge in [0, 0.05) is 50.9 Å². The first kappa shape index (κ1) is 24.5. The van der Waals surface area contributed by atoms with E-state index in [1.807, 2.05) is 0 Å². The minimum Gasteiger partial charge on any atom is -0.495 e. The fourth-order valence-corrected chi connectivity index (χ4v) is 7.61. The van der Waals surface area contributed by atoms with Crippen molar-refractivity contribution in [3.63, 3.8) is 0 Å². The lowest BCUT2D eigenvalue weighted by Crippen LogP contribution is -2.52. The molecule has 36 heavy (non-hydrogen) atoms. The van der Waals surface area contributed by atoms with Gasteiger partial charge >= 0.3 is 0 Å². The summed E-state index contributed by atoms with van der Waals surface area (Å²) in [5.41, 5.74) is 10.4. The van der Waals surface area contributed by atoms with E-state index in [1.165, 1.54) is 18.7 Å². The third kappa shape index (κ3) is 4.01. The Hall–Kier alpha value is -1.87. The highest BCUT2D eigenvalue weighted by Crippen LogP contribution is 2.52. The number of methoxy groups -OCH3 is 1. The topological polar surface area (TPSA) is 89.6 Å². The van der Waals surface area contributed by atoms with Crippen molar-refractivity contribution in [2.45, 2.75) is 76.3 Å². The van der Waals surface area contributed by atoms with Crippen LogP contribution in [0.3, 0.4) is 0 Å². The molecule has 3 fully saturated rings. The van der Waals surface area contributed by atoms with Gasteiger partial charge in [-0.05, 0) is 81.6 Å². The van der Waals surface area contributed by atoms with Crippen LogP contribution in [0.1, 0.15) is 46.0 Å². The number of aliphatic hydroxyl groups excluding tert-OH is 1. The number of ether oxygens (including phenoxy) is 1. The first-order valence-corrected chi connectivity index (χ1v) is 14.1. The molecule has 6 aliphatic rings. The number of nitrogens with two attached hydrogens (primary N) is 1. The summed E-state index contributed by atoms with van der Waals surface area (Å²) in [5, 5.41) is 14.9. The predicted molar refractivity (Wildman–Crippen MR) is 142 cm³/mol. The number of likely N-dealkylation sites (tertiary alicyclic amines) is 1. The van der Waals surface area contributed by atoms with Gasteiger partial charge in [-0.3, -0.25) is 4.90 Å². The van der Waals surface area contributed by atoms with Crippen molar-refractivity contribution >= 4 is 6.21 Å². The zero-order valence-corrected chi connectivity index (χ0v) is 22.4. The SMILES string of the molecule is CCN1C2=C(CC1C(C)N(C)C1=C(OC)C=C(C(O)N3CC[C@H]4CCN[C@H]4C3)CC1N)C1CC1C=N2. The molecule has 8 heteroatoms. The summed E-state index contributed by atoms with van der Waals surface area (Å²) in [6, 6.07) is 0.903. The Morgan fingerprint density at radius 1 is 1.33 bits per heavy atom. The van der Waals surface area contributed by atoms with E-state index >= 15 is 0 Å². The summed E-state index contributed by atoms with van der Waals surface area (Å²) in [6.07, 6.45) is 9.02. The van der Waals surface area contributed by atoms with Crippen molar-refractivity contribution in [2.75, 3.05) is 40.3 Å². The first-order chi connectivity index (χ1) is 17.4. The molecule has 6 unspecified atom stereocenters. The van der Waals surface area contributed by atoms with E-state index in [2.05, 4.69) is 53.2 Å². The number of hydrogen-bond acceptors (Lipinski definition) is 8. The van der Waals surface area contributed by atoms with Gasteiger partial charge in [0.15, 0.2) is 0 Å². The van der Waals surface area contributed by atoms with Crippen LogP contribution in [0.2, 0.25) is 0 Å². The summed E-state index contributed by atoms with van der Waals surface area (Å²) in [6.45, 7) is 8.42. The van der Waals surface area contributed by atoms with Crippen LogP contribution in [0.4, 0.5) is 0 Å². The smallest absolute Gasteiger partial charge is 0.139 e. The molecule has 0 aromatic rings. The summed E-state index contributed by atoms with van der Waals surface area (Å²) in [5.74, 6) is 4.15. The zero-order chi connectivity index (χ0) is 25.1. The van der Waals surface area contributed by atoms with Crippen LogP contribution in [0.15, 0.2) is 39.5 Å². The van der Waals surface area contributed by atoms with Gasteiger partial charge in [0.1, 0.15) is 17.8 Å². The summed E-state index contributed by atoms with van der Waals surface area (Å²) < 4.78 is 5.91. The fraction of sp³-hybridized carbons (Fsp3) is 0.750. The Kier molecular flexibility index (Phi) is 6.43. The normalized spacial score (nSPS) is 37.4. The number of likely N-dealkylation sites (N-methyl/N-ethyl adjacent to an activating group) is 2. The standard InChI is InChI=1S/C28H44N6O2/c1-5-34-24(13-21-20-10-19(20)14-31-27(21)34)16(2)32(3)26-22(29)11-18(12-25(26)36-4)28(35)33-9-7-17-6-8-30-23(17)15-33/h12,14,16-17,19-20,22-24,28,30,35H,5-11,13,15,29H2,1-4H3/t16?,17-,19?,20?,22?,23+,24?,28?/m1/s1. The number of rotatable bonds is 7. The van der Waals surface area contributed by atoms with Crippen molar-refractivity contribution in [1.29, 1.82) is 0 Å². The van der Waals surface area contributed by atoms with Gasteiger partial charge < -0.3 is 30.7 Å². The van der Waals surface area contributed by atoms with Gasteiger partial charge in [-0.1, -0.05) is 0 Å². The van der Waals surface area contributed by atoms with Crippen molar-refractivity contribution in [3.05, 3.63) is 34.5 Å². The number of hydrogen-bond donors (Lipinski definition) is 3. The quantitative estimate of drug-likeness (QED) is 0.496. The molecule has 2 aliphatic carbocycles. The third-order valence-corrected chi connectivity index (χ3v) is 9.93. The molecule has 198 valence electrons. The van der Waals surface area contributed by atoms with E-state index in [0.717, 1.165) is 67.9 Å². The van der Waals surface area contributed by atoms with Crippen LogP contribution in [-0.4, -0.2) is 96.8 Å². The number of fused-ring (bicyclic) bond motifs is 3. The van der Waals surface area contributed by atoms with Gasteiger partial charge in [-0.25, -0.2) is 4.99 Å². The van der Waals surface area contributed by atoms with Crippen LogP contribution in [0, 0.1) is 17.8 Å². The second kappa shape index (κ2) is 9.46. The van der Waals surface area contributed by atoms with E-state index in [9.17, 15) is 5.11 Å². The van der Waals surface area contributed by atoms with Crippen LogP contribution < -0.4 is 11.1 Å². The van der Waals surface area contributed by atoms with Crippen molar-refractivity contribution in [3.8, 4) is 0 Å². The first-order valence-electron chi connectivity index (χ1n) is 14.1. The van der Waals surface area contributed by atoms with Crippen LogP contribution in [0.5, 0.6) is 0 Å². The molecule has 8 nitrogen and oxygen atoms in total. The zero-order valence-electron chi connectivity index (χ0n) is 22.4. The Bertz CT molecular complexity index is 1000. The van der Waals surface area contributed by atoms with E-state index < -0.39 is 6.23 Å². The van der Waals surface area contributed by atoms with E-state index in [1.54, 1.807) is 12.7 Å². The van der Waals surface area contributed by atoms with Crippen LogP contribution >= 0.6 is 0 Å². The van der Waals surface area contributed by atoms with Crippen LogP contribution in [-0.2, 0) is 4.74 Å². The lowest BCUT2D eigenvalue weighted by atomic mass is 9.89. The summed E-state index contributed by atoms with van der Waals surface area (Å²) >= 11 is 0. The van der Waals surface area contributed by atoms with E-state index in [4.69, 9.17) is 15.5 Å². The second-order valence-corrected chi connectivity index (χ2v) is 11.8. The average molecular weight is 497 g/mol. The van der Waals surface area contributed by atoms with Crippen molar-refractivity contribution in [1.82, 2.24) is 20.0 Å². The number of allylic oxidation sites excluding steroid dienone is 1. The van der Waals surface area contributed by atoms with Gasteiger partial charge in [0.05, 0.1) is 24.9 Å². The molecule has 6 rings (SSSR count). The van der Waals surface area contributed by atoms with Crippen molar-refractivity contribution < 1.29 is 9.84 Å². The Balaban J connectivity index is 1.20. The van der Waals surface area contributed by atoms with Crippen LogP contribution in [0.25, 0.3) is 0 Å². The molecule has 0 bridgehead atoms. The number of piperidine rings is 1. The Morgan fingerprint density at radius 2 is 2.17 bits per heavy atom. The third-order valence-electron chi connectivity index (χ3n) is 9.93. The molecule has 1 saturated carbocycles.